The minimum absolute atomic E-state index is 0.0605. The number of esters is 1. The maximum atomic E-state index is 14.3. The largest absolute Gasteiger partial charge is 0.468 e. The van der Waals surface area contributed by atoms with Crippen LogP contribution >= 0.6 is 34.7 Å². The van der Waals surface area contributed by atoms with E-state index >= 15 is 0 Å². The number of hydrogen-bond acceptors (Lipinski definition) is 12. The third-order valence-corrected chi connectivity index (χ3v) is 10.0. The Morgan fingerprint density at radius 1 is 1.08 bits per heavy atom. The second-order valence-corrected chi connectivity index (χ2v) is 13.7. The number of ether oxygens (including phenoxy) is 2. The first-order chi connectivity index (χ1) is 23.3. The fourth-order valence-electron chi connectivity index (χ4n) is 4.26. The van der Waals surface area contributed by atoms with Crippen molar-refractivity contribution in [3.63, 3.8) is 0 Å². The highest BCUT2D eigenvalue weighted by Gasteiger charge is 2.26. The Bertz CT molecular complexity index is 2270. The molecule has 0 bridgehead atoms. The predicted molar refractivity (Wildman–Crippen MR) is 170 cm³/mol. The van der Waals surface area contributed by atoms with E-state index in [1.54, 1.807) is 14.1 Å². The van der Waals surface area contributed by atoms with Gasteiger partial charge in [0.1, 0.15) is 28.8 Å². The Morgan fingerprint density at radius 2 is 1.78 bits per heavy atom. The van der Waals surface area contributed by atoms with Crippen molar-refractivity contribution >= 4 is 67.7 Å². The van der Waals surface area contributed by atoms with Crippen LogP contribution in [0.2, 0.25) is 5.02 Å². The van der Waals surface area contributed by atoms with Gasteiger partial charge in [-0.15, -0.1) is 16.9 Å². The van der Waals surface area contributed by atoms with E-state index in [2.05, 4.69) is 24.8 Å². The molecule has 49 heavy (non-hydrogen) atoms. The zero-order valence-electron chi connectivity index (χ0n) is 25.2. The lowest BCUT2D eigenvalue weighted by molar-refractivity contribution is -0.137. The number of para-hydroxylation sites is 1. The number of nitrogens with zero attached hydrogens (tertiary/aromatic N) is 7. The molecule has 0 spiro atoms. The number of thioether (sulfide) groups is 1. The van der Waals surface area contributed by atoms with Crippen LogP contribution in [0.15, 0.2) is 56.4 Å². The summed E-state index contributed by atoms with van der Waals surface area (Å²) in [6.07, 6.45) is 2.66. The van der Waals surface area contributed by atoms with E-state index in [-0.39, 0.29) is 27.3 Å². The lowest BCUT2D eigenvalue weighted by Crippen LogP contribution is -2.31. The normalized spacial score (nSPS) is 13.1. The van der Waals surface area contributed by atoms with Crippen LogP contribution in [0.1, 0.15) is 12.8 Å². The highest BCUT2D eigenvalue weighted by Crippen LogP contribution is 2.33. The van der Waals surface area contributed by atoms with Crippen molar-refractivity contribution in [1.29, 1.82) is 0 Å². The number of fused-ring (bicyclic) bond motifs is 2. The molecule has 0 saturated carbocycles. The molecule has 0 atom stereocenters. The monoisotopic (exact) mass is 762 g/mol. The highest BCUT2D eigenvalue weighted by molar-refractivity contribution is 8.00. The van der Waals surface area contributed by atoms with Crippen LogP contribution in [0.25, 0.3) is 5.65 Å². The summed E-state index contributed by atoms with van der Waals surface area (Å²) in [5, 5.41) is 2.85. The number of anilines is 1. The van der Waals surface area contributed by atoms with Crippen LogP contribution in [-0.4, -0.2) is 63.3 Å². The molecule has 0 saturated heterocycles. The molecule has 0 aliphatic carbocycles. The van der Waals surface area contributed by atoms with Gasteiger partial charge in [-0.2, -0.15) is 17.9 Å². The molecule has 0 fully saturated rings. The summed E-state index contributed by atoms with van der Waals surface area (Å²) < 4.78 is 94.8. The van der Waals surface area contributed by atoms with Crippen molar-refractivity contribution in [2.45, 2.75) is 36.0 Å². The number of methoxy groups -OCH3 is 2. The molecule has 3 aromatic heterocycles. The smallest absolute Gasteiger partial charge is 0.325 e. The third kappa shape index (κ3) is 7.89. The zero-order valence-corrected chi connectivity index (χ0v) is 28.4. The lowest BCUT2D eigenvalue weighted by atomic mass is 10.3. The van der Waals surface area contributed by atoms with E-state index in [0.717, 1.165) is 66.4 Å². The van der Waals surface area contributed by atoms with Crippen LogP contribution in [0.3, 0.4) is 0 Å². The number of hydrogen-bond donors (Lipinski definition) is 1. The second kappa shape index (κ2) is 15.0. The Morgan fingerprint density at radius 3 is 2.45 bits per heavy atom. The molecule has 6 rings (SSSR count). The van der Waals surface area contributed by atoms with E-state index in [9.17, 15) is 35.6 Å². The van der Waals surface area contributed by atoms with E-state index in [1.807, 2.05) is 0 Å². The number of benzene rings is 2. The van der Waals surface area contributed by atoms with Gasteiger partial charge >= 0.3 is 16.9 Å². The van der Waals surface area contributed by atoms with Gasteiger partial charge in [0.05, 0.1) is 31.2 Å². The number of nitrogens with one attached hydrogen (secondary N) is 1. The van der Waals surface area contributed by atoms with Crippen LogP contribution in [0.5, 0.6) is 6.01 Å². The maximum Gasteiger partial charge on any atom is 0.325 e. The van der Waals surface area contributed by atoms with E-state index in [0.29, 0.717) is 27.3 Å². The summed E-state index contributed by atoms with van der Waals surface area (Å²) >= 11 is 8.17. The average molecular weight is 763 g/mol. The molecule has 260 valence electrons. The van der Waals surface area contributed by atoms with E-state index < -0.39 is 55.8 Å². The molecular weight excluding hydrogens is 740 g/mol. The van der Waals surface area contributed by atoms with Crippen LogP contribution in [0.4, 0.5) is 28.9 Å². The van der Waals surface area contributed by atoms with E-state index in [4.69, 9.17) is 16.3 Å². The fraction of sp³-hybridized carbons (Fsp3) is 0.259. The molecule has 0 unspecified atom stereocenters. The summed E-state index contributed by atoms with van der Waals surface area (Å²) in [6.45, 7) is 1.32. The van der Waals surface area contributed by atoms with E-state index in [1.165, 1.54) is 20.3 Å². The molecule has 14 nitrogen and oxygen atoms in total. The van der Waals surface area contributed by atoms with Crippen LogP contribution in [-0.2, 0) is 32.6 Å². The fourth-order valence-corrected chi connectivity index (χ4v) is 7.20. The number of carbonyl (C=O) groups excluding carboxylic acids is 1. The van der Waals surface area contributed by atoms with Gasteiger partial charge in [-0.1, -0.05) is 17.7 Å². The maximum absolute atomic E-state index is 14.3. The molecule has 1 aliphatic rings. The quantitative estimate of drug-likeness (QED) is 0.138. The molecule has 0 amide bonds. The topological polar surface area (TPSA) is 164 Å². The first kappa shape index (κ1) is 35.8. The summed E-state index contributed by atoms with van der Waals surface area (Å²) in [4.78, 5) is 35.6. The zero-order chi connectivity index (χ0) is 35.5. The standard InChI is InChI=1S/C15H15ClFN3O3S2.C12H8F3N5O3S/c1-23-13(21)8-24-12-7-11(10(17)6-9(12)16)18-14-19-4-2-3-5-20(19)15(22)25-14;1-23-12-16-5-8(15)10-17-11(18-20(10)12)24(21,22)19-9-6(13)3-2-4-7(9)14/h6-7H,2-5,8H2,1H3;2-5,19H,1H3/b18-14-;. The van der Waals surface area contributed by atoms with Crippen molar-refractivity contribution in [2.24, 2.45) is 4.99 Å². The number of sulfonamides is 1. The van der Waals surface area contributed by atoms with Crippen molar-refractivity contribution in [3.05, 3.63) is 79.3 Å². The molecule has 0 radical (unpaired) electrons. The average Bonchev–Trinajstić information content (AvgIpc) is 3.67. The molecule has 5 aromatic rings. The van der Waals surface area contributed by atoms with Gasteiger partial charge in [-0.3, -0.25) is 19.0 Å². The van der Waals surface area contributed by atoms with Gasteiger partial charge in [0.2, 0.25) is 4.80 Å². The highest BCUT2D eigenvalue weighted by atomic mass is 35.5. The SMILES string of the molecule is COC(=O)CSc1cc(/N=c2\sc(=O)n3n2CCCC3)c(F)cc1Cl.COc1ncc(F)c2nc(S(=O)(=O)Nc3c(F)cccc3F)nn12. The number of rotatable bonds is 8. The predicted octanol–water partition coefficient (Wildman–Crippen LogP) is 4.15. The Balaban J connectivity index is 0.000000191. The molecular formula is C27H23ClF4N8O6S3. The molecule has 1 aliphatic heterocycles. The summed E-state index contributed by atoms with van der Waals surface area (Å²) in [7, 11) is -2.08. The molecule has 22 heteroatoms. The molecule has 4 heterocycles. The van der Waals surface area contributed by atoms with Gasteiger partial charge in [0.25, 0.3) is 15.2 Å². The van der Waals surface area contributed by atoms with Gasteiger partial charge in [-0.05, 0) is 48.4 Å². The van der Waals surface area contributed by atoms with Gasteiger partial charge in [0.15, 0.2) is 11.5 Å². The van der Waals surface area contributed by atoms with Crippen molar-refractivity contribution in [2.75, 3.05) is 24.7 Å². The lowest BCUT2D eigenvalue weighted by Gasteiger charge is -2.15. The summed E-state index contributed by atoms with van der Waals surface area (Å²) in [5.41, 5.74) is -1.29. The Labute approximate surface area is 287 Å². The number of halogens is 5. The first-order valence-corrected chi connectivity index (χ1v) is 17.5. The van der Waals surface area contributed by atoms with Crippen molar-refractivity contribution < 1.29 is 40.2 Å². The van der Waals surface area contributed by atoms with Gasteiger partial charge in [-0.25, -0.2) is 32.2 Å². The summed E-state index contributed by atoms with van der Waals surface area (Å²) in [6, 6.07) is 5.22. The van der Waals surface area contributed by atoms with Crippen molar-refractivity contribution in [3.8, 4) is 6.01 Å². The summed E-state index contributed by atoms with van der Waals surface area (Å²) in [5.74, 6) is -4.14. The van der Waals surface area contributed by atoms with Gasteiger partial charge < -0.3 is 9.47 Å². The molecule has 1 N–H and O–H groups in total. The number of aromatic nitrogens is 6. The van der Waals surface area contributed by atoms with Crippen LogP contribution < -0.4 is 19.1 Å². The van der Waals surface area contributed by atoms with Crippen molar-refractivity contribution in [1.82, 2.24) is 28.9 Å². The van der Waals surface area contributed by atoms with Crippen LogP contribution in [0, 0.1) is 23.3 Å². The minimum atomic E-state index is -4.58. The minimum Gasteiger partial charge on any atom is -0.468 e. The first-order valence-electron chi connectivity index (χ1n) is 13.8. The Kier molecular flexibility index (Phi) is 10.9. The third-order valence-electron chi connectivity index (χ3n) is 6.58. The Hall–Kier alpha value is -4.47. The second-order valence-electron chi connectivity index (χ2n) is 9.74. The molecule has 2 aromatic carbocycles. The number of carbonyl (C=O) groups is 1. The van der Waals surface area contributed by atoms with Gasteiger partial charge in [0, 0.05) is 18.0 Å².